The Morgan fingerprint density at radius 2 is 1.56 bits per heavy atom. The maximum Gasteiger partial charge on any atom is 0.494 e. The first-order valence-corrected chi connectivity index (χ1v) is 9.79. The van der Waals surface area contributed by atoms with Gasteiger partial charge in [0, 0.05) is 18.7 Å². The highest BCUT2D eigenvalue weighted by atomic mass is 16.7. The van der Waals surface area contributed by atoms with Crippen LogP contribution in [0.15, 0.2) is 30.3 Å². The van der Waals surface area contributed by atoms with E-state index in [-0.39, 0.29) is 17.1 Å². The van der Waals surface area contributed by atoms with Crippen LogP contribution in [0, 0.1) is 6.92 Å². The van der Waals surface area contributed by atoms with Gasteiger partial charge in [0.25, 0.3) is 5.91 Å². The minimum atomic E-state index is -0.434. The first-order valence-electron chi connectivity index (χ1n) is 9.79. The Balaban J connectivity index is 2.09. The van der Waals surface area contributed by atoms with E-state index in [1.807, 2.05) is 64.6 Å². The lowest BCUT2D eigenvalue weighted by molar-refractivity contribution is 0.00578. The Morgan fingerprint density at radius 1 is 0.963 bits per heavy atom. The Bertz CT molecular complexity index is 855. The van der Waals surface area contributed by atoms with Gasteiger partial charge in [-0.3, -0.25) is 4.79 Å². The van der Waals surface area contributed by atoms with Crippen LogP contribution in [-0.4, -0.2) is 42.2 Å². The molecule has 0 N–H and O–H groups in total. The zero-order chi connectivity index (χ0) is 20.0. The van der Waals surface area contributed by atoms with Crippen molar-refractivity contribution in [2.75, 3.05) is 13.1 Å². The second-order valence-electron chi connectivity index (χ2n) is 8.30. The summed E-state index contributed by atoms with van der Waals surface area (Å²) in [6.07, 6.45) is 0. The van der Waals surface area contributed by atoms with Crippen molar-refractivity contribution >= 4 is 29.3 Å². The van der Waals surface area contributed by atoms with Crippen LogP contribution in [0.4, 0.5) is 0 Å². The van der Waals surface area contributed by atoms with Crippen LogP contribution in [0.2, 0.25) is 0 Å². The predicted molar refractivity (Wildman–Crippen MR) is 112 cm³/mol. The Hall–Kier alpha value is -1.85. The average molecular weight is 367 g/mol. The van der Waals surface area contributed by atoms with Gasteiger partial charge >= 0.3 is 7.12 Å². The normalized spacial score (nSPS) is 18.1. The van der Waals surface area contributed by atoms with Crippen LogP contribution in [0.1, 0.15) is 57.5 Å². The Morgan fingerprint density at radius 3 is 2.11 bits per heavy atom. The van der Waals surface area contributed by atoms with Crippen LogP contribution < -0.4 is 5.46 Å². The lowest BCUT2D eigenvalue weighted by atomic mass is 9.77. The monoisotopic (exact) mass is 367 g/mol. The number of carbonyl (C=O) groups is 1. The number of nitrogens with zero attached hydrogens (tertiary/aromatic N) is 1. The van der Waals surface area contributed by atoms with Gasteiger partial charge in [0.2, 0.25) is 0 Å². The second kappa shape index (κ2) is 6.95. The molecule has 0 atom stereocenters. The minimum absolute atomic E-state index is 0.0658. The number of fused-ring (bicyclic) bond motifs is 1. The average Bonchev–Trinajstić information content (AvgIpc) is 2.83. The molecule has 27 heavy (non-hydrogen) atoms. The fourth-order valence-electron chi connectivity index (χ4n) is 3.51. The standard InChI is InChI=1S/C22H30BNO3/c1-8-24(9-2)20(25)18-12-10-15(3)17-13-11-16(14-19(17)18)23-26-21(4,5)22(6,7)27-23/h10-14H,8-9H2,1-7H3. The molecule has 0 saturated carbocycles. The molecule has 0 bridgehead atoms. The molecule has 5 heteroatoms. The maximum atomic E-state index is 13.0. The number of benzene rings is 2. The van der Waals surface area contributed by atoms with E-state index in [1.54, 1.807) is 0 Å². The fraction of sp³-hybridized carbons (Fsp3) is 0.500. The third kappa shape index (κ3) is 3.39. The molecule has 0 spiro atoms. The number of hydrogen-bond acceptors (Lipinski definition) is 3. The smallest absolute Gasteiger partial charge is 0.399 e. The van der Waals surface area contributed by atoms with Crippen molar-refractivity contribution in [2.24, 2.45) is 0 Å². The lowest BCUT2D eigenvalue weighted by Crippen LogP contribution is -2.41. The van der Waals surface area contributed by atoms with E-state index in [9.17, 15) is 4.79 Å². The molecule has 1 fully saturated rings. The van der Waals surface area contributed by atoms with Crippen LogP contribution in [-0.2, 0) is 9.31 Å². The van der Waals surface area contributed by atoms with Gasteiger partial charge in [0.05, 0.1) is 11.2 Å². The first-order chi connectivity index (χ1) is 12.6. The summed E-state index contributed by atoms with van der Waals surface area (Å²) < 4.78 is 12.4. The molecule has 1 aliphatic heterocycles. The van der Waals surface area contributed by atoms with Gasteiger partial charge in [-0.15, -0.1) is 0 Å². The van der Waals surface area contributed by atoms with Gasteiger partial charge in [-0.25, -0.2) is 0 Å². The van der Waals surface area contributed by atoms with Crippen molar-refractivity contribution in [3.05, 3.63) is 41.5 Å². The molecule has 3 rings (SSSR count). The SMILES string of the molecule is CCN(CC)C(=O)c1ccc(C)c2ccc(B3OC(C)(C)C(C)(C)O3)cc12. The Kier molecular flexibility index (Phi) is 5.13. The van der Waals surface area contributed by atoms with Gasteiger partial charge in [-0.1, -0.05) is 24.3 Å². The van der Waals surface area contributed by atoms with Gasteiger partial charge < -0.3 is 14.2 Å². The van der Waals surface area contributed by atoms with E-state index < -0.39 is 7.12 Å². The maximum absolute atomic E-state index is 13.0. The number of rotatable bonds is 4. The van der Waals surface area contributed by atoms with Gasteiger partial charge in [0.15, 0.2) is 0 Å². The Labute approximate surface area is 163 Å². The van der Waals surface area contributed by atoms with Crippen molar-refractivity contribution < 1.29 is 14.1 Å². The molecule has 0 aromatic heterocycles. The summed E-state index contributed by atoms with van der Waals surface area (Å²) in [7, 11) is -0.434. The molecule has 2 aromatic carbocycles. The molecule has 2 aromatic rings. The van der Waals surface area contributed by atoms with E-state index in [2.05, 4.69) is 19.1 Å². The lowest BCUT2D eigenvalue weighted by Gasteiger charge is -2.32. The van der Waals surface area contributed by atoms with Gasteiger partial charge in [-0.2, -0.15) is 0 Å². The minimum Gasteiger partial charge on any atom is -0.399 e. The second-order valence-corrected chi connectivity index (χ2v) is 8.30. The molecule has 1 aliphatic rings. The summed E-state index contributed by atoms with van der Waals surface area (Å²) in [6, 6.07) is 10.1. The molecule has 1 amide bonds. The van der Waals surface area contributed by atoms with E-state index in [0.29, 0.717) is 13.1 Å². The highest BCUT2D eigenvalue weighted by Crippen LogP contribution is 2.36. The zero-order valence-electron chi connectivity index (χ0n) is 17.6. The molecule has 1 heterocycles. The van der Waals surface area contributed by atoms with E-state index in [1.165, 1.54) is 0 Å². The largest absolute Gasteiger partial charge is 0.494 e. The van der Waals surface area contributed by atoms with Crippen molar-refractivity contribution in [2.45, 2.75) is 59.7 Å². The van der Waals surface area contributed by atoms with Crippen molar-refractivity contribution in [1.82, 2.24) is 4.90 Å². The molecule has 0 radical (unpaired) electrons. The number of aryl methyl sites for hydroxylation is 1. The van der Waals surface area contributed by atoms with E-state index >= 15 is 0 Å². The summed E-state index contributed by atoms with van der Waals surface area (Å²) in [5, 5.41) is 2.05. The third-order valence-electron chi connectivity index (χ3n) is 6.07. The summed E-state index contributed by atoms with van der Waals surface area (Å²) in [5.41, 5.74) is 2.05. The van der Waals surface area contributed by atoms with Crippen molar-refractivity contribution in [3.63, 3.8) is 0 Å². The van der Waals surface area contributed by atoms with Crippen LogP contribution in [0.25, 0.3) is 10.8 Å². The van der Waals surface area contributed by atoms with E-state index in [4.69, 9.17) is 9.31 Å². The number of hydrogen-bond donors (Lipinski definition) is 0. The van der Waals surface area contributed by atoms with E-state index in [0.717, 1.165) is 27.4 Å². The third-order valence-corrected chi connectivity index (χ3v) is 6.07. The fourth-order valence-corrected chi connectivity index (χ4v) is 3.51. The van der Waals surface area contributed by atoms with Crippen LogP contribution in [0.3, 0.4) is 0 Å². The summed E-state index contributed by atoms with van der Waals surface area (Å²) in [6.45, 7) is 15.7. The highest BCUT2D eigenvalue weighted by molar-refractivity contribution is 6.62. The summed E-state index contributed by atoms with van der Waals surface area (Å²) in [5.74, 6) is 0.0658. The molecule has 144 valence electrons. The van der Waals surface area contributed by atoms with Gasteiger partial charge in [-0.05, 0) is 76.3 Å². The predicted octanol–water partition coefficient (Wildman–Crippen LogP) is 3.93. The summed E-state index contributed by atoms with van der Waals surface area (Å²) in [4.78, 5) is 14.9. The van der Waals surface area contributed by atoms with Crippen molar-refractivity contribution in [1.29, 1.82) is 0 Å². The molecular weight excluding hydrogens is 337 g/mol. The van der Waals surface area contributed by atoms with Crippen LogP contribution >= 0.6 is 0 Å². The molecule has 1 saturated heterocycles. The number of amides is 1. The summed E-state index contributed by atoms with van der Waals surface area (Å²) >= 11 is 0. The molecular formula is C22H30BNO3. The van der Waals surface area contributed by atoms with Gasteiger partial charge in [0.1, 0.15) is 0 Å². The molecule has 4 nitrogen and oxygen atoms in total. The van der Waals surface area contributed by atoms with Crippen molar-refractivity contribution in [3.8, 4) is 0 Å². The first kappa shape index (κ1) is 19.9. The quantitative estimate of drug-likeness (QED) is 0.769. The number of carbonyl (C=O) groups excluding carboxylic acids is 1. The molecule has 0 unspecified atom stereocenters. The topological polar surface area (TPSA) is 38.8 Å². The zero-order valence-corrected chi connectivity index (χ0v) is 17.6. The van der Waals surface area contributed by atoms with Crippen LogP contribution in [0.5, 0.6) is 0 Å². The highest BCUT2D eigenvalue weighted by Gasteiger charge is 2.51. The molecule has 0 aliphatic carbocycles.